The fraction of sp³-hybridized carbons (Fsp3) is 0. The Hall–Kier alpha value is -2.59. The number of nitrogens with zero attached hydrogens (tertiary/aromatic N) is 2. The van der Waals surface area contributed by atoms with Gasteiger partial charge in [0.05, 0.1) is 22.7 Å². The lowest BCUT2D eigenvalue weighted by Gasteiger charge is -1.99. The highest BCUT2D eigenvalue weighted by atomic mass is 16.1. The third-order valence-corrected chi connectivity index (χ3v) is 2.08. The highest BCUT2D eigenvalue weighted by Crippen LogP contribution is 2.16. The molecule has 4 nitrogen and oxygen atoms in total. The van der Waals surface area contributed by atoms with Crippen LogP contribution in [0.25, 0.3) is 10.9 Å². The molecule has 1 aromatic heterocycles. The Morgan fingerprint density at radius 3 is 2.60 bits per heavy atom. The van der Waals surface area contributed by atoms with E-state index in [2.05, 4.69) is 4.98 Å². The second-order valence-electron chi connectivity index (χ2n) is 3.03. The Morgan fingerprint density at radius 2 is 1.93 bits per heavy atom. The van der Waals surface area contributed by atoms with Crippen LogP contribution in [0.15, 0.2) is 29.1 Å². The Labute approximate surface area is 85.0 Å². The quantitative estimate of drug-likeness (QED) is 0.687. The molecule has 70 valence electrons. The molecule has 0 spiro atoms. The zero-order chi connectivity index (χ0) is 10.8. The number of aromatic amines is 1. The van der Waals surface area contributed by atoms with Gasteiger partial charge in [0.2, 0.25) is 5.56 Å². The SMILES string of the molecule is N#Cc1cc(C#N)c2[nH]c(=O)ccc2c1. The van der Waals surface area contributed by atoms with Crippen molar-refractivity contribution in [1.29, 1.82) is 10.5 Å². The highest BCUT2D eigenvalue weighted by Gasteiger charge is 2.03. The van der Waals surface area contributed by atoms with Crippen molar-refractivity contribution < 1.29 is 0 Å². The summed E-state index contributed by atoms with van der Waals surface area (Å²) < 4.78 is 0. The number of benzene rings is 1. The number of nitriles is 2. The summed E-state index contributed by atoms with van der Waals surface area (Å²) in [6.45, 7) is 0. The molecule has 4 heteroatoms. The number of aromatic nitrogens is 1. The summed E-state index contributed by atoms with van der Waals surface area (Å²) in [5, 5.41) is 18.3. The van der Waals surface area contributed by atoms with E-state index in [0.717, 1.165) is 0 Å². The van der Waals surface area contributed by atoms with Gasteiger partial charge in [0.25, 0.3) is 0 Å². The van der Waals surface area contributed by atoms with Gasteiger partial charge in [0.1, 0.15) is 6.07 Å². The molecule has 0 saturated heterocycles. The molecule has 0 amide bonds. The standard InChI is InChI=1S/C11H5N3O/c12-5-7-3-8-1-2-10(15)14-11(8)9(4-7)6-13/h1-4H,(H,14,15). The molecule has 0 radical (unpaired) electrons. The lowest BCUT2D eigenvalue weighted by atomic mass is 10.1. The van der Waals surface area contributed by atoms with Crippen LogP contribution >= 0.6 is 0 Å². The van der Waals surface area contributed by atoms with Crippen molar-refractivity contribution in [1.82, 2.24) is 4.98 Å². The van der Waals surface area contributed by atoms with Gasteiger partial charge in [-0.15, -0.1) is 0 Å². The van der Waals surface area contributed by atoms with Gasteiger partial charge in [-0.05, 0) is 18.2 Å². The number of fused-ring (bicyclic) bond motifs is 1. The maximum atomic E-state index is 11.1. The van der Waals surface area contributed by atoms with Gasteiger partial charge in [-0.2, -0.15) is 10.5 Å². The van der Waals surface area contributed by atoms with E-state index in [9.17, 15) is 4.79 Å². The van der Waals surface area contributed by atoms with Crippen LogP contribution < -0.4 is 5.56 Å². The summed E-state index contributed by atoms with van der Waals surface area (Å²) in [7, 11) is 0. The number of rotatable bonds is 0. The first kappa shape index (κ1) is 8.98. The average Bonchev–Trinajstić information content (AvgIpc) is 2.27. The fourth-order valence-corrected chi connectivity index (χ4v) is 1.42. The predicted molar refractivity (Wildman–Crippen MR) is 54.0 cm³/mol. The Kier molecular flexibility index (Phi) is 1.97. The summed E-state index contributed by atoms with van der Waals surface area (Å²) in [5.41, 5.74) is 0.931. The van der Waals surface area contributed by atoms with Crippen molar-refractivity contribution >= 4 is 10.9 Å². The summed E-state index contributed by atoms with van der Waals surface area (Å²) >= 11 is 0. The number of H-pyrrole nitrogens is 1. The summed E-state index contributed by atoms with van der Waals surface area (Å²) in [6, 6.07) is 9.96. The van der Waals surface area contributed by atoms with Gasteiger partial charge in [-0.1, -0.05) is 0 Å². The molecular weight excluding hydrogens is 190 g/mol. The first-order chi connectivity index (χ1) is 7.24. The van der Waals surface area contributed by atoms with Gasteiger partial charge in [-0.25, -0.2) is 0 Å². The minimum absolute atomic E-state index is 0.260. The van der Waals surface area contributed by atoms with Crippen LogP contribution in [0.5, 0.6) is 0 Å². The van der Waals surface area contributed by atoms with E-state index < -0.39 is 0 Å². The van der Waals surface area contributed by atoms with Gasteiger partial charge < -0.3 is 4.98 Å². The van der Waals surface area contributed by atoms with Crippen LogP contribution in [-0.2, 0) is 0 Å². The van der Waals surface area contributed by atoms with Crippen molar-refractivity contribution in [2.45, 2.75) is 0 Å². The highest BCUT2D eigenvalue weighted by molar-refractivity contribution is 5.85. The van der Waals surface area contributed by atoms with E-state index >= 15 is 0 Å². The van der Waals surface area contributed by atoms with Crippen LogP contribution in [0, 0.1) is 22.7 Å². The molecule has 0 aliphatic heterocycles. The van der Waals surface area contributed by atoms with E-state index in [4.69, 9.17) is 10.5 Å². The zero-order valence-electron chi connectivity index (χ0n) is 7.61. The van der Waals surface area contributed by atoms with Crippen LogP contribution in [-0.4, -0.2) is 4.98 Å². The molecule has 0 fully saturated rings. The van der Waals surface area contributed by atoms with Crippen molar-refractivity contribution in [2.75, 3.05) is 0 Å². The maximum absolute atomic E-state index is 11.1. The molecule has 2 rings (SSSR count). The van der Waals surface area contributed by atoms with Crippen LogP contribution in [0.1, 0.15) is 11.1 Å². The molecule has 2 aromatic rings. The Bertz CT molecular complexity index is 671. The van der Waals surface area contributed by atoms with Crippen molar-refractivity contribution in [3.63, 3.8) is 0 Å². The van der Waals surface area contributed by atoms with Crippen LogP contribution in [0.3, 0.4) is 0 Å². The van der Waals surface area contributed by atoms with Gasteiger partial charge in [0, 0.05) is 11.5 Å². The minimum Gasteiger partial charge on any atom is -0.321 e. The molecule has 15 heavy (non-hydrogen) atoms. The topological polar surface area (TPSA) is 80.4 Å². The smallest absolute Gasteiger partial charge is 0.248 e. The van der Waals surface area contributed by atoms with Crippen LogP contribution in [0.4, 0.5) is 0 Å². The minimum atomic E-state index is -0.260. The van der Waals surface area contributed by atoms with Crippen molar-refractivity contribution in [2.24, 2.45) is 0 Å². The molecule has 0 bridgehead atoms. The molecule has 0 atom stereocenters. The zero-order valence-corrected chi connectivity index (χ0v) is 7.61. The lowest BCUT2D eigenvalue weighted by Crippen LogP contribution is -2.03. The molecule has 0 aliphatic carbocycles. The second kappa shape index (κ2) is 3.28. The lowest BCUT2D eigenvalue weighted by molar-refractivity contribution is 1.29. The molecule has 0 unspecified atom stereocenters. The van der Waals surface area contributed by atoms with Crippen molar-refractivity contribution in [3.8, 4) is 12.1 Å². The summed E-state index contributed by atoms with van der Waals surface area (Å²) in [4.78, 5) is 13.6. The Morgan fingerprint density at radius 1 is 1.13 bits per heavy atom. The van der Waals surface area contributed by atoms with E-state index in [1.807, 2.05) is 12.1 Å². The number of pyridine rings is 1. The maximum Gasteiger partial charge on any atom is 0.248 e. The molecule has 0 saturated carbocycles. The van der Waals surface area contributed by atoms with Gasteiger partial charge in [-0.3, -0.25) is 4.79 Å². The normalized spacial score (nSPS) is 9.47. The molecule has 1 N–H and O–H groups in total. The monoisotopic (exact) mass is 195 g/mol. The van der Waals surface area contributed by atoms with E-state index in [1.165, 1.54) is 12.1 Å². The fourth-order valence-electron chi connectivity index (χ4n) is 1.42. The third kappa shape index (κ3) is 1.45. The van der Waals surface area contributed by atoms with Crippen molar-refractivity contribution in [3.05, 3.63) is 45.7 Å². The second-order valence-corrected chi connectivity index (χ2v) is 3.03. The number of hydrogen-bond donors (Lipinski definition) is 1. The van der Waals surface area contributed by atoms with Gasteiger partial charge >= 0.3 is 0 Å². The summed E-state index contributed by atoms with van der Waals surface area (Å²) in [5.74, 6) is 0. The molecule has 1 aromatic carbocycles. The first-order valence-corrected chi connectivity index (χ1v) is 4.22. The van der Waals surface area contributed by atoms with E-state index in [1.54, 1.807) is 12.1 Å². The molecule has 0 aliphatic rings. The largest absolute Gasteiger partial charge is 0.321 e. The predicted octanol–water partition coefficient (Wildman–Crippen LogP) is 1.27. The summed E-state index contributed by atoms with van der Waals surface area (Å²) in [6.07, 6.45) is 0. The molecular formula is C11H5N3O. The third-order valence-electron chi connectivity index (χ3n) is 2.08. The average molecular weight is 195 g/mol. The number of nitrogens with one attached hydrogen (secondary N) is 1. The van der Waals surface area contributed by atoms with E-state index in [-0.39, 0.29) is 5.56 Å². The Balaban J connectivity index is 2.96. The molecule has 1 heterocycles. The van der Waals surface area contributed by atoms with Gasteiger partial charge in [0.15, 0.2) is 0 Å². The van der Waals surface area contributed by atoms with E-state index in [0.29, 0.717) is 22.0 Å². The van der Waals surface area contributed by atoms with Crippen LogP contribution in [0.2, 0.25) is 0 Å². The first-order valence-electron chi connectivity index (χ1n) is 4.22. The number of hydrogen-bond acceptors (Lipinski definition) is 3.